The quantitative estimate of drug-likeness (QED) is 0.293. The average molecular weight is 843 g/mol. The van der Waals surface area contributed by atoms with Crippen LogP contribution in [0.2, 0.25) is 5.02 Å². The minimum Gasteiger partial charge on any atom is -0.487 e. The summed E-state index contributed by atoms with van der Waals surface area (Å²) in [6.45, 7) is 9.67. The highest BCUT2D eigenvalue weighted by Gasteiger charge is 2.45. The van der Waals surface area contributed by atoms with Crippen molar-refractivity contribution >= 4 is 43.1 Å². The molecule has 2 aromatic rings. The molecule has 13 heteroatoms. The Morgan fingerprint density at radius 2 is 1.75 bits per heavy atom. The highest BCUT2D eigenvalue weighted by Crippen LogP contribution is 2.46. The van der Waals surface area contributed by atoms with Crippen LogP contribution in [0.25, 0.3) is 0 Å². The number of ether oxygens (including phenoxy) is 1. The third-order valence-corrected chi connectivity index (χ3v) is 17.7. The Balaban J connectivity index is 1.16. The second-order valence-corrected chi connectivity index (χ2v) is 22.2. The zero-order valence-corrected chi connectivity index (χ0v) is 36.0. The SMILES string of the molecule is CC(/C=C/[C@]1(O)/C=C/C[C@H](C)[C@@H](C)C(=O)NS(=O)(=O)c2ccc3c(c2)N(CCCCc2cc(Cl)ccc2CO3)C[C@@H]2CC[C@H]21)CN1CCC(S(=O)(=O)C2CC2)CC1. The lowest BCUT2D eigenvalue weighted by atomic mass is 9.64. The van der Waals surface area contributed by atoms with E-state index in [-0.39, 0.29) is 39.1 Å². The average Bonchev–Trinajstić information content (AvgIpc) is 4.02. The first-order valence-electron chi connectivity index (χ1n) is 21.0. The number of nitrogens with one attached hydrogen (secondary N) is 1. The normalized spacial score (nSPS) is 30.5. The van der Waals surface area contributed by atoms with Gasteiger partial charge in [0.2, 0.25) is 5.91 Å². The standard InChI is InChI=1S/C44H60ClN3O7S2/c1-30(27-47-23-18-38(19-24-47)56(51,52)37-12-13-37)17-21-44(50)20-6-7-31(2)32(3)43(49)46-57(53,54)39-14-16-42-41(26-39)48(28-34-10-15-40(34)44)22-5-4-8-33-25-36(45)11-9-35(33)29-55-42/h6,9,11,14,16-17,20-21,25-26,30-32,34,37-38,40,50H,4-5,7-8,10,12-13,15,18-19,22-24,27-29H2,1-3H3,(H,46,49)/b20-6+,21-17+/t30?,31-,32+,34-,40+,44+/m0/s1. The van der Waals surface area contributed by atoms with Gasteiger partial charge >= 0.3 is 0 Å². The lowest BCUT2D eigenvalue weighted by Crippen LogP contribution is -2.49. The minimum atomic E-state index is -4.17. The van der Waals surface area contributed by atoms with Gasteiger partial charge in [-0.25, -0.2) is 21.6 Å². The van der Waals surface area contributed by atoms with E-state index in [0.29, 0.717) is 55.4 Å². The summed E-state index contributed by atoms with van der Waals surface area (Å²) < 4.78 is 62.0. The number of anilines is 1. The molecule has 57 heavy (non-hydrogen) atoms. The number of likely N-dealkylation sites (tertiary alicyclic amines) is 1. The third kappa shape index (κ3) is 9.77. The lowest BCUT2D eigenvalue weighted by Gasteiger charge is -2.47. The summed E-state index contributed by atoms with van der Waals surface area (Å²) in [6.07, 6.45) is 15.7. The molecule has 2 saturated carbocycles. The van der Waals surface area contributed by atoms with Crippen molar-refractivity contribution in [2.75, 3.05) is 37.6 Å². The number of piperidine rings is 1. The molecule has 2 aromatic carbocycles. The first-order chi connectivity index (χ1) is 27.1. The second-order valence-electron chi connectivity index (χ2n) is 17.6. The number of sulfone groups is 1. The van der Waals surface area contributed by atoms with Gasteiger partial charge in [0, 0.05) is 30.6 Å². The van der Waals surface area contributed by atoms with Gasteiger partial charge in [-0.1, -0.05) is 62.7 Å². The highest BCUT2D eigenvalue weighted by atomic mass is 35.5. The van der Waals surface area contributed by atoms with E-state index in [1.165, 1.54) is 6.07 Å². The second kappa shape index (κ2) is 17.4. The van der Waals surface area contributed by atoms with Gasteiger partial charge < -0.3 is 19.6 Å². The molecule has 3 aliphatic heterocycles. The van der Waals surface area contributed by atoms with Crippen molar-refractivity contribution in [1.82, 2.24) is 9.62 Å². The summed E-state index contributed by atoms with van der Waals surface area (Å²) in [5.41, 5.74) is 1.59. The van der Waals surface area contributed by atoms with Crippen LogP contribution < -0.4 is 14.4 Å². The van der Waals surface area contributed by atoms with E-state index >= 15 is 0 Å². The number of nitrogens with zero attached hydrogens (tertiary/aromatic N) is 2. The fraction of sp³-hybridized carbons (Fsp3) is 0.614. The number of carbonyl (C=O) groups is 1. The van der Waals surface area contributed by atoms with Gasteiger partial charge in [-0.15, -0.1) is 0 Å². The van der Waals surface area contributed by atoms with Gasteiger partial charge in [-0.05, 0) is 142 Å². The summed E-state index contributed by atoms with van der Waals surface area (Å²) in [5.74, 6) is -0.630. The number of benzene rings is 2. The van der Waals surface area contributed by atoms with Gasteiger partial charge in [-0.2, -0.15) is 0 Å². The Labute approximate surface area is 345 Å². The molecule has 0 spiro atoms. The summed E-state index contributed by atoms with van der Waals surface area (Å²) in [6, 6.07) is 10.7. The highest BCUT2D eigenvalue weighted by molar-refractivity contribution is 7.92. The Bertz CT molecular complexity index is 2060. The van der Waals surface area contributed by atoms with E-state index in [9.17, 15) is 26.7 Å². The largest absolute Gasteiger partial charge is 0.487 e. The molecule has 1 amide bonds. The predicted molar refractivity (Wildman–Crippen MR) is 226 cm³/mol. The maximum atomic E-state index is 13.7. The smallest absolute Gasteiger partial charge is 0.264 e. The van der Waals surface area contributed by atoms with Crippen LogP contribution in [0.15, 0.2) is 65.6 Å². The summed E-state index contributed by atoms with van der Waals surface area (Å²) in [7, 11) is -7.18. The third-order valence-electron chi connectivity index (χ3n) is 13.3. The van der Waals surface area contributed by atoms with E-state index in [2.05, 4.69) is 27.5 Å². The lowest BCUT2D eigenvalue weighted by molar-refractivity contribution is -0.124. The Morgan fingerprint density at radius 1 is 1.00 bits per heavy atom. The molecule has 0 radical (unpaired) electrons. The number of amides is 1. The van der Waals surface area contributed by atoms with Crippen LogP contribution in [0.4, 0.5) is 5.69 Å². The molecule has 3 fully saturated rings. The first-order valence-corrected chi connectivity index (χ1v) is 24.5. The van der Waals surface area contributed by atoms with Crippen molar-refractivity contribution < 1.29 is 31.5 Å². The van der Waals surface area contributed by atoms with Crippen molar-refractivity contribution in [2.45, 2.75) is 113 Å². The van der Waals surface area contributed by atoms with Gasteiger partial charge in [0.25, 0.3) is 10.0 Å². The van der Waals surface area contributed by atoms with E-state index in [0.717, 1.165) is 75.7 Å². The molecular weight excluding hydrogens is 782 g/mol. The molecule has 312 valence electrons. The van der Waals surface area contributed by atoms with Crippen LogP contribution in [-0.4, -0.2) is 81.6 Å². The van der Waals surface area contributed by atoms with Crippen LogP contribution in [0.5, 0.6) is 5.75 Å². The van der Waals surface area contributed by atoms with E-state index in [1.807, 2.05) is 43.4 Å². The number of aryl methyl sites for hydroxylation is 1. The van der Waals surface area contributed by atoms with Crippen molar-refractivity contribution in [2.24, 2.45) is 29.6 Å². The molecule has 2 aliphatic carbocycles. The van der Waals surface area contributed by atoms with Crippen molar-refractivity contribution in [3.8, 4) is 5.75 Å². The number of hydrogen-bond acceptors (Lipinski definition) is 9. The molecular formula is C44H60ClN3O7S2. The van der Waals surface area contributed by atoms with Crippen LogP contribution in [-0.2, 0) is 37.7 Å². The molecule has 7 rings (SSSR count). The van der Waals surface area contributed by atoms with Gasteiger partial charge in [0.05, 0.1) is 21.1 Å². The molecule has 2 bridgehead atoms. The molecule has 0 aromatic heterocycles. The number of halogens is 1. The molecule has 10 nitrogen and oxygen atoms in total. The fourth-order valence-corrected chi connectivity index (χ4v) is 12.6. The Hall–Kier alpha value is -2.90. The number of carbonyl (C=O) groups excluding carboxylic acids is 1. The summed E-state index contributed by atoms with van der Waals surface area (Å²) >= 11 is 6.39. The van der Waals surface area contributed by atoms with Crippen molar-refractivity contribution in [3.63, 3.8) is 0 Å². The molecule has 5 aliphatic rings. The summed E-state index contributed by atoms with van der Waals surface area (Å²) in [5, 5.41) is 13.0. The zero-order valence-electron chi connectivity index (χ0n) is 33.6. The number of aliphatic hydroxyl groups is 1. The van der Waals surface area contributed by atoms with Crippen LogP contribution >= 0.6 is 11.6 Å². The van der Waals surface area contributed by atoms with E-state index < -0.39 is 37.3 Å². The molecule has 3 heterocycles. The van der Waals surface area contributed by atoms with Crippen LogP contribution in [0, 0.1) is 29.6 Å². The van der Waals surface area contributed by atoms with Crippen molar-refractivity contribution in [3.05, 3.63) is 76.9 Å². The minimum absolute atomic E-state index is 0.00412. The van der Waals surface area contributed by atoms with E-state index in [1.54, 1.807) is 19.1 Å². The number of hydrogen-bond donors (Lipinski definition) is 2. The fourth-order valence-electron chi connectivity index (χ4n) is 9.16. The van der Waals surface area contributed by atoms with Gasteiger partial charge in [-0.3, -0.25) is 4.79 Å². The van der Waals surface area contributed by atoms with Crippen molar-refractivity contribution in [1.29, 1.82) is 0 Å². The number of allylic oxidation sites excluding steroid dienone is 1. The topological polar surface area (TPSA) is 133 Å². The Morgan fingerprint density at radius 3 is 2.47 bits per heavy atom. The maximum absolute atomic E-state index is 13.7. The monoisotopic (exact) mass is 841 g/mol. The Kier molecular flexibility index (Phi) is 12.9. The maximum Gasteiger partial charge on any atom is 0.264 e. The predicted octanol–water partition coefficient (Wildman–Crippen LogP) is 7.09. The number of fused-ring (bicyclic) bond motifs is 3. The first kappa shape index (κ1) is 42.2. The van der Waals surface area contributed by atoms with Gasteiger partial charge in [0.1, 0.15) is 18.0 Å². The van der Waals surface area contributed by atoms with Crippen LogP contribution in [0.3, 0.4) is 0 Å². The van der Waals surface area contributed by atoms with E-state index in [4.69, 9.17) is 16.3 Å². The van der Waals surface area contributed by atoms with Gasteiger partial charge in [0.15, 0.2) is 9.84 Å². The van der Waals surface area contributed by atoms with Crippen LogP contribution in [0.1, 0.15) is 89.7 Å². The zero-order chi connectivity index (χ0) is 40.5. The molecule has 1 saturated heterocycles. The molecule has 2 N–H and O–H groups in total. The summed E-state index contributed by atoms with van der Waals surface area (Å²) in [4.78, 5) is 18.0. The number of sulfonamides is 1. The number of rotatable bonds is 6. The molecule has 6 atom stereocenters. The molecule has 1 unspecified atom stereocenters.